The highest BCUT2D eigenvalue weighted by Crippen LogP contribution is 2.27. The Morgan fingerprint density at radius 2 is 1.57 bits per heavy atom. The molecule has 1 aliphatic heterocycles. The van der Waals surface area contributed by atoms with E-state index >= 15 is 0 Å². The van der Waals surface area contributed by atoms with E-state index in [1.165, 1.54) is 5.56 Å². The molecule has 1 saturated heterocycles. The summed E-state index contributed by atoms with van der Waals surface area (Å²) in [5.41, 5.74) is 1.23. The van der Waals surface area contributed by atoms with Crippen molar-refractivity contribution in [3.05, 3.63) is 35.9 Å². The molecule has 1 fully saturated rings. The minimum Gasteiger partial charge on any atom is -0.466 e. The number of aromatic nitrogens is 3. The summed E-state index contributed by atoms with van der Waals surface area (Å²) >= 11 is 0. The van der Waals surface area contributed by atoms with E-state index in [1.807, 2.05) is 18.2 Å². The molecule has 122 valence electrons. The van der Waals surface area contributed by atoms with Gasteiger partial charge in [0.2, 0.25) is 0 Å². The second-order valence-electron chi connectivity index (χ2n) is 5.46. The van der Waals surface area contributed by atoms with Gasteiger partial charge < -0.3 is 14.2 Å². The molecule has 0 bridgehead atoms. The third-order valence-corrected chi connectivity index (χ3v) is 4.03. The first-order valence-electron chi connectivity index (χ1n) is 7.58. The van der Waals surface area contributed by atoms with E-state index in [9.17, 15) is 0 Å². The molecule has 0 radical (unpaired) electrons. The molecule has 2 heterocycles. The predicted octanol–water partition coefficient (Wildman–Crippen LogP) is 1.43. The second-order valence-corrected chi connectivity index (χ2v) is 5.46. The number of hydrogen-bond donors (Lipinski definition) is 0. The van der Waals surface area contributed by atoms with Gasteiger partial charge in [0.15, 0.2) is 0 Å². The van der Waals surface area contributed by atoms with Gasteiger partial charge in [-0.3, -0.25) is 0 Å². The predicted molar refractivity (Wildman–Crippen MR) is 85.4 cm³/mol. The number of benzene rings is 1. The van der Waals surface area contributed by atoms with Crippen molar-refractivity contribution >= 4 is 5.95 Å². The number of quaternary nitrogens is 1. The fourth-order valence-electron chi connectivity index (χ4n) is 2.78. The van der Waals surface area contributed by atoms with Crippen LogP contribution >= 0.6 is 0 Å². The normalized spacial score (nSPS) is 16.8. The number of ether oxygens (including phenoxy) is 3. The highest BCUT2D eigenvalue weighted by atomic mass is 16.5. The molecular weight excluding hydrogens is 296 g/mol. The minimum atomic E-state index is 0.268. The van der Waals surface area contributed by atoms with Crippen LogP contribution in [0.2, 0.25) is 0 Å². The SMILES string of the molecule is COc1nc(OC)nc([N+]2(Cc3ccccc3)CCOCC2)n1. The third kappa shape index (κ3) is 3.40. The Bertz CT molecular complexity index is 623. The molecule has 0 amide bonds. The van der Waals surface area contributed by atoms with Gasteiger partial charge in [0.25, 0.3) is 0 Å². The van der Waals surface area contributed by atoms with Crippen molar-refractivity contribution in [1.82, 2.24) is 19.4 Å². The molecule has 0 aliphatic carbocycles. The van der Waals surface area contributed by atoms with Crippen molar-refractivity contribution in [1.29, 1.82) is 0 Å². The van der Waals surface area contributed by atoms with Gasteiger partial charge in [-0.1, -0.05) is 30.3 Å². The molecule has 0 N–H and O–H groups in total. The van der Waals surface area contributed by atoms with Crippen LogP contribution in [0.5, 0.6) is 12.0 Å². The Balaban J connectivity index is 2.01. The van der Waals surface area contributed by atoms with Crippen molar-refractivity contribution in [3.63, 3.8) is 0 Å². The quantitative estimate of drug-likeness (QED) is 0.777. The average Bonchev–Trinajstić information content (AvgIpc) is 2.63. The maximum Gasteiger partial charge on any atom is 0.338 e. The molecule has 0 spiro atoms. The van der Waals surface area contributed by atoms with Gasteiger partial charge in [-0.15, -0.1) is 15.0 Å². The van der Waals surface area contributed by atoms with Gasteiger partial charge in [-0.25, -0.2) is 4.48 Å². The second kappa shape index (κ2) is 6.89. The van der Waals surface area contributed by atoms with Crippen LogP contribution in [0.1, 0.15) is 5.56 Å². The Labute approximate surface area is 135 Å². The van der Waals surface area contributed by atoms with Crippen LogP contribution in [0.25, 0.3) is 0 Å². The lowest BCUT2D eigenvalue weighted by atomic mass is 10.1. The minimum absolute atomic E-state index is 0.268. The molecule has 1 aliphatic rings. The Morgan fingerprint density at radius 1 is 0.957 bits per heavy atom. The summed E-state index contributed by atoms with van der Waals surface area (Å²) in [5, 5.41) is 0. The molecule has 0 unspecified atom stereocenters. The molecule has 0 atom stereocenters. The fraction of sp³-hybridized carbons (Fsp3) is 0.438. The van der Waals surface area contributed by atoms with Crippen LogP contribution in [-0.4, -0.2) is 55.5 Å². The summed E-state index contributed by atoms with van der Waals surface area (Å²) in [7, 11) is 3.08. The van der Waals surface area contributed by atoms with E-state index < -0.39 is 0 Å². The number of rotatable bonds is 5. The maximum atomic E-state index is 5.55. The van der Waals surface area contributed by atoms with Gasteiger partial charge in [0.05, 0.1) is 27.4 Å². The lowest BCUT2D eigenvalue weighted by Crippen LogP contribution is -2.56. The highest BCUT2D eigenvalue weighted by molar-refractivity contribution is 5.31. The van der Waals surface area contributed by atoms with Crippen LogP contribution in [0.15, 0.2) is 30.3 Å². The van der Waals surface area contributed by atoms with Crippen LogP contribution < -0.4 is 14.0 Å². The highest BCUT2D eigenvalue weighted by Gasteiger charge is 2.37. The molecule has 7 nitrogen and oxygen atoms in total. The lowest BCUT2D eigenvalue weighted by molar-refractivity contribution is 0.0330. The van der Waals surface area contributed by atoms with E-state index in [0.29, 0.717) is 23.6 Å². The van der Waals surface area contributed by atoms with Crippen LogP contribution in [0.4, 0.5) is 5.95 Å². The van der Waals surface area contributed by atoms with Gasteiger partial charge in [-0.2, -0.15) is 0 Å². The number of methoxy groups -OCH3 is 2. The van der Waals surface area contributed by atoms with Crippen molar-refractivity contribution < 1.29 is 14.2 Å². The van der Waals surface area contributed by atoms with Crippen molar-refractivity contribution in [2.75, 3.05) is 40.5 Å². The smallest absolute Gasteiger partial charge is 0.338 e. The zero-order valence-corrected chi connectivity index (χ0v) is 13.4. The van der Waals surface area contributed by atoms with Crippen molar-refractivity contribution in [2.24, 2.45) is 0 Å². The van der Waals surface area contributed by atoms with Gasteiger partial charge >= 0.3 is 18.0 Å². The van der Waals surface area contributed by atoms with Gasteiger partial charge in [-0.05, 0) is 0 Å². The average molecular weight is 317 g/mol. The third-order valence-electron chi connectivity index (χ3n) is 4.03. The summed E-state index contributed by atoms with van der Waals surface area (Å²) in [4.78, 5) is 13.1. The molecule has 2 aromatic rings. The summed E-state index contributed by atoms with van der Waals surface area (Å²) in [5.74, 6) is 0.654. The zero-order chi connectivity index (χ0) is 16.1. The van der Waals surface area contributed by atoms with E-state index in [0.717, 1.165) is 19.6 Å². The van der Waals surface area contributed by atoms with Crippen LogP contribution in [-0.2, 0) is 11.3 Å². The van der Waals surface area contributed by atoms with E-state index in [-0.39, 0.29) is 12.0 Å². The largest absolute Gasteiger partial charge is 0.466 e. The summed E-state index contributed by atoms with van der Waals surface area (Å²) in [6.45, 7) is 3.73. The summed E-state index contributed by atoms with van der Waals surface area (Å²) < 4.78 is 16.5. The first kappa shape index (κ1) is 15.6. The standard InChI is InChI=1S/C16H21N4O3/c1-21-15-17-14(18-16(19-15)22-2)20(8-10-23-11-9-20)12-13-6-4-3-5-7-13/h3-7H,8-12H2,1-2H3/q+1. The fourth-order valence-corrected chi connectivity index (χ4v) is 2.78. The molecule has 1 aromatic heterocycles. The van der Waals surface area contributed by atoms with E-state index in [2.05, 4.69) is 27.1 Å². The monoisotopic (exact) mass is 317 g/mol. The van der Waals surface area contributed by atoms with Crippen LogP contribution in [0.3, 0.4) is 0 Å². The van der Waals surface area contributed by atoms with Crippen molar-refractivity contribution in [2.45, 2.75) is 6.54 Å². The first-order chi connectivity index (χ1) is 11.3. The number of morpholine rings is 1. The molecule has 0 saturated carbocycles. The Hall–Kier alpha value is -2.25. The first-order valence-corrected chi connectivity index (χ1v) is 7.58. The molecule has 3 rings (SSSR count). The topological polar surface area (TPSA) is 66.4 Å². The van der Waals surface area contributed by atoms with Gasteiger partial charge in [0.1, 0.15) is 19.6 Å². The number of nitrogens with zero attached hydrogens (tertiary/aromatic N) is 4. The van der Waals surface area contributed by atoms with E-state index in [4.69, 9.17) is 14.2 Å². The van der Waals surface area contributed by atoms with Gasteiger partial charge in [0, 0.05) is 5.56 Å². The molecule has 23 heavy (non-hydrogen) atoms. The molecular formula is C16H21N4O3+. The summed E-state index contributed by atoms with van der Waals surface area (Å²) in [6, 6.07) is 10.9. The van der Waals surface area contributed by atoms with Crippen molar-refractivity contribution in [3.8, 4) is 12.0 Å². The lowest BCUT2D eigenvalue weighted by Gasteiger charge is -2.38. The van der Waals surface area contributed by atoms with Crippen LogP contribution in [0, 0.1) is 0 Å². The zero-order valence-electron chi connectivity index (χ0n) is 13.4. The van der Waals surface area contributed by atoms with E-state index in [1.54, 1.807) is 14.2 Å². The maximum absolute atomic E-state index is 5.55. The Kier molecular flexibility index (Phi) is 4.68. The summed E-state index contributed by atoms with van der Waals surface area (Å²) in [6.07, 6.45) is 0. The Morgan fingerprint density at radius 3 is 2.13 bits per heavy atom. The number of hydrogen-bond acceptors (Lipinski definition) is 6. The molecule has 1 aromatic carbocycles. The molecule has 7 heteroatoms.